The molecule has 2 fully saturated rings. The fraction of sp³-hybridized carbons (Fsp3) is 0.684. The molecule has 3 rings (SSSR count). The number of rotatable bonds is 5. The number of aliphatic hydroxyl groups excluding tert-OH is 1. The van der Waals surface area contributed by atoms with Gasteiger partial charge in [-0.2, -0.15) is 0 Å². The van der Waals surface area contributed by atoms with Gasteiger partial charge in [0.05, 0.1) is 6.10 Å². The molecule has 0 amide bonds. The van der Waals surface area contributed by atoms with Crippen molar-refractivity contribution in [1.82, 2.24) is 10.2 Å². The molecule has 0 radical (unpaired) electrons. The van der Waals surface area contributed by atoms with Crippen LogP contribution in [-0.2, 0) is 13.1 Å². The summed E-state index contributed by atoms with van der Waals surface area (Å²) in [5.74, 6) is 0.882. The first-order valence-corrected chi connectivity index (χ1v) is 8.91. The number of hydrogen-bond donors (Lipinski definition) is 2. The van der Waals surface area contributed by atoms with E-state index in [-0.39, 0.29) is 6.10 Å². The third kappa shape index (κ3) is 4.31. The van der Waals surface area contributed by atoms with Crippen LogP contribution in [-0.4, -0.2) is 35.2 Å². The minimum absolute atomic E-state index is 0.0856. The average Bonchev–Trinajstić information content (AvgIpc) is 2.94. The molecule has 3 nitrogen and oxygen atoms in total. The molecule has 1 aromatic rings. The Hall–Kier alpha value is -0.900. The van der Waals surface area contributed by atoms with Gasteiger partial charge in [-0.3, -0.25) is 4.90 Å². The number of nitrogens with zero attached hydrogens (tertiary/aromatic N) is 1. The van der Waals surface area contributed by atoms with E-state index in [0.717, 1.165) is 44.9 Å². The summed E-state index contributed by atoms with van der Waals surface area (Å²) in [7, 11) is 0. The molecule has 2 aliphatic rings. The van der Waals surface area contributed by atoms with E-state index in [9.17, 15) is 5.11 Å². The molecule has 0 spiro atoms. The maximum atomic E-state index is 9.64. The van der Waals surface area contributed by atoms with Crippen molar-refractivity contribution >= 4 is 0 Å². The molecule has 2 atom stereocenters. The van der Waals surface area contributed by atoms with Gasteiger partial charge in [0.2, 0.25) is 0 Å². The second-order valence-corrected chi connectivity index (χ2v) is 7.27. The Bertz CT molecular complexity index is 468. The molecule has 1 aromatic carbocycles. The Labute approximate surface area is 134 Å². The second-order valence-electron chi connectivity index (χ2n) is 7.27. The van der Waals surface area contributed by atoms with E-state index in [1.807, 2.05) is 0 Å². The largest absolute Gasteiger partial charge is 0.393 e. The van der Waals surface area contributed by atoms with E-state index in [1.54, 1.807) is 0 Å². The quantitative estimate of drug-likeness (QED) is 0.878. The fourth-order valence-corrected chi connectivity index (χ4v) is 3.85. The Morgan fingerprint density at radius 2 is 1.82 bits per heavy atom. The minimum Gasteiger partial charge on any atom is -0.393 e. The Morgan fingerprint density at radius 1 is 1.09 bits per heavy atom. The van der Waals surface area contributed by atoms with Gasteiger partial charge in [0, 0.05) is 32.2 Å². The van der Waals surface area contributed by atoms with E-state index in [4.69, 9.17) is 0 Å². The van der Waals surface area contributed by atoms with Gasteiger partial charge in [-0.15, -0.1) is 0 Å². The van der Waals surface area contributed by atoms with Gasteiger partial charge in [0.15, 0.2) is 0 Å². The molecule has 2 N–H and O–H groups in total. The standard InChI is InChI=1S/C19H30N2O/c1-15-6-7-18(12-15)20-13-16-4-2-3-5-17(16)14-21-10-8-19(22)9-11-21/h2-5,15,18-20,22H,6-14H2,1H3. The highest BCUT2D eigenvalue weighted by Gasteiger charge is 2.21. The molecular weight excluding hydrogens is 272 g/mol. The summed E-state index contributed by atoms with van der Waals surface area (Å²) < 4.78 is 0. The zero-order valence-corrected chi connectivity index (χ0v) is 13.8. The summed E-state index contributed by atoms with van der Waals surface area (Å²) in [6.45, 7) is 6.40. The lowest BCUT2D eigenvalue weighted by Crippen LogP contribution is -2.35. The van der Waals surface area contributed by atoms with Crippen molar-refractivity contribution in [2.45, 2.75) is 64.3 Å². The summed E-state index contributed by atoms with van der Waals surface area (Å²) in [5.41, 5.74) is 2.88. The maximum absolute atomic E-state index is 9.64. The van der Waals surface area contributed by atoms with Crippen molar-refractivity contribution in [2.24, 2.45) is 5.92 Å². The van der Waals surface area contributed by atoms with Crippen LogP contribution in [0.15, 0.2) is 24.3 Å². The number of hydrogen-bond acceptors (Lipinski definition) is 3. The van der Waals surface area contributed by atoms with Crippen LogP contribution >= 0.6 is 0 Å². The predicted octanol–water partition coefficient (Wildman–Crippen LogP) is 2.92. The van der Waals surface area contributed by atoms with Crippen molar-refractivity contribution < 1.29 is 5.11 Å². The third-order valence-electron chi connectivity index (χ3n) is 5.35. The molecule has 1 saturated heterocycles. The lowest BCUT2D eigenvalue weighted by atomic mass is 10.0. The van der Waals surface area contributed by atoms with Crippen molar-refractivity contribution in [2.75, 3.05) is 13.1 Å². The SMILES string of the molecule is CC1CCC(NCc2ccccc2CN2CCC(O)CC2)C1. The zero-order valence-electron chi connectivity index (χ0n) is 13.8. The molecule has 3 heteroatoms. The number of benzene rings is 1. The lowest BCUT2D eigenvalue weighted by Gasteiger charge is -2.30. The van der Waals surface area contributed by atoms with Crippen LogP contribution in [0.4, 0.5) is 0 Å². The Balaban J connectivity index is 1.55. The average molecular weight is 302 g/mol. The Kier molecular flexibility index (Phi) is 5.51. The number of likely N-dealkylation sites (tertiary alicyclic amines) is 1. The van der Waals surface area contributed by atoms with Gasteiger partial charge in [-0.25, -0.2) is 0 Å². The topological polar surface area (TPSA) is 35.5 Å². The van der Waals surface area contributed by atoms with Gasteiger partial charge in [-0.1, -0.05) is 31.2 Å². The minimum atomic E-state index is -0.0856. The highest BCUT2D eigenvalue weighted by Crippen LogP contribution is 2.25. The highest BCUT2D eigenvalue weighted by atomic mass is 16.3. The number of nitrogens with one attached hydrogen (secondary N) is 1. The molecule has 1 aliphatic heterocycles. The maximum Gasteiger partial charge on any atom is 0.0564 e. The van der Waals surface area contributed by atoms with E-state index < -0.39 is 0 Å². The third-order valence-corrected chi connectivity index (χ3v) is 5.35. The van der Waals surface area contributed by atoms with Gasteiger partial charge < -0.3 is 10.4 Å². The van der Waals surface area contributed by atoms with Crippen LogP contribution in [0, 0.1) is 5.92 Å². The van der Waals surface area contributed by atoms with Crippen LogP contribution in [0.3, 0.4) is 0 Å². The van der Waals surface area contributed by atoms with E-state index >= 15 is 0 Å². The van der Waals surface area contributed by atoms with Crippen molar-refractivity contribution in [1.29, 1.82) is 0 Å². The van der Waals surface area contributed by atoms with Gasteiger partial charge in [-0.05, 0) is 49.1 Å². The molecular formula is C19H30N2O. The first-order valence-electron chi connectivity index (χ1n) is 8.91. The second kappa shape index (κ2) is 7.58. The predicted molar refractivity (Wildman–Crippen MR) is 90.6 cm³/mol. The van der Waals surface area contributed by atoms with Crippen LogP contribution in [0.25, 0.3) is 0 Å². The first kappa shape index (κ1) is 16.0. The van der Waals surface area contributed by atoms with Crippen molar-refractivity contribution in [3.63, 3.8) is 0 Å². The molecule has 1 heterocycles. The molecule has 0 aromatic heterocycles. The van der Waals surface area contributed by atoms with E-state index in [2.05, 4.69) is 41.4 Å². The lowest BCUT2D eigenvalue weighted by molar-refractivity contribution is 0.0791. The molecule has 2 unspecified atom stereocenters. The molecule has 1 aliphatic carbocycles. The van der Waals surface area contributed by atoms with Crippen LogP contribution < -0.4 is 5.32 Å². The zero-order chi connectivity index (χ0) is 15.4. The Morgan fingerprint density at radius 3 is 2.50 bits per heavy atom. The monoisotopic (exact) mass is 302 g/mol. The van der Waals surface area contributed by atoms with Crippen molar-refractivity contribution in [3.05, 3.63) is 35.4 Å². The number of aliphatic hydroxyl groups is 1. The summed E-state index contributed by atoms with van der Waals surface area (Å²) >= 11 is 0. The van der Waals surface area contributed by atoms with E-state index in [0.29, 0.717) is 6.04 Å². The van der Waals surface area contributed by atoms with Gasteiger partial charge >= 0.3 is 0 Å². The van der Waals surface area contributed by atoms with Crippen molar-refractivity contribution in [3.8, 4) is 0 Å². The number of piperidine rings is 1. The molecule has 22 heavy (non-hydrogen) atoms. The molecule has 1 saturated carbocycles. The summed E-state index contributed by atoms with van der Waals surface area (Å²) in [4.78, 5) is 2.48. The summed E-state index contributed by atoms with van der Waals surface area (Å²) in [5, 5.41) is 13.4. The van der Waals surface area contributed by atoms with Gasteiger partial charge in [0.1, 0.15) is 0 Å². The fourth-order valence-electron chi connectivity index (χ4n) is 3.85. The van der Waals surface area contributed by atoms with Gasteiger partial charge in [0.25, 0.3) is 0 Å². The smallest absolute Gasteiger partial charge is 0.0564 e. The summed E-state index contributed by atoms with van der Waals surface area (Å²) in [6, 6.07) is 9.53. The normalized spacial score (nSPS) is 27.4. The highest BCUT2D eigenvalue weighted by molar-refractivity contribution is 5.27. The molecule has 0 bridgehead atoms. The first-order chi connectivity index (χ1) is 10.7. The molecule has 122 valence electrons. The summed E-state index contributed by atoms with van der Waals surface area (Å²) in [6.07, 6.45) is 5.77. The van der Waals surface area contributed by atoms with Crippen LogP contribution in [0.5, 0.6) is 0 Å². The van der Waals surface area contributed by atoms with E-state index in [1.165, 1.54) is 30.4 Å². The van der Waals surface area contributed by atoms with Crippen LogP contribution in [0.2, 0.25) is 0 Å². The van der Waals surface area contributed by atoms with Crippen LogP contribution in [0.1, 0.15) is 50.2 Å².